The summed E-state index contributed by atoms with van der Waals surface area (Å²) in [6, 6.07) is -0.542. The standard InChI is InChI=1S/C62H117NO5/c1-3-5-7-9-11-13-14-15-29-33-36-40-44-48-52-56-62(67)68-57-53-49-45-41-37-34-31-28-26-24-22-20-18-16-17-19-21-23-25-27-30-32-35-39-43-47-51-55-61(66)63-59(58-64)60(65)54-50-46-42-38-12-10-8-6-4-2/h15-17,20,22,29,59-60,64-65H,3-14,18-19,21,23-28,30-58H2,1-2H3,(H,63,66)/b17-16-,22-20-,29-15-. The Labute approximate surface area is 424 Å². The Morgan fingerprint density at radius 2 is 0.735 bits per heavy atom. The van der Waals surface area contributed by atoms with Crippen molar-refractivity contribution in [3.63, 3.8) is 0 Å². The molecule has 0 aromatic carbocycles. The lowest BCUT2D eigenvalue weighted by atomic mass is 10.0. The first kappa shape index (κ1) is 66.1. The first-order chi connectivity index (χ1) is 33.5. The quantitative estimate of drug-likeness (QED) is 0.0321. The zero-order valence-corrected chi connectivity index (χ0v) is 45.6. The van der Waals surface area contributed by atoms with Crippen LogP contribution in [0.15, 0.2) is 36.5 Å². The molecule has 0 saturated carbocycles. The number of ether oxygens (including phenoxy) is 1. The van der Waals surface area contributed by atoms with Gasteiger partial charge in [-0.25, -0.2) is 0 Å². The van der Waals surface area contributed by atoms with E-state index in [1.807, 2.05) is 0 Å². The van der Waals surface area contributed by atoms with Gasteiger partial charge in [-0.3, -0.25) is 9.59 Å². The summed E-state index contributed by atoms with van der Waals surface area (Å²) in [5, 5.41) is 23.1. The Bertz CT molecular complexity index is 1100. The van der Waals surface area contributed by atoms with E-state index in [0.29, 0.717) is 25.9 Å². The molecular weight excluding hydrogens is 839 g/mol. The van der Waals surface area contributed by atoms with Crippen LogP contribution < -0.4 is 5.32 Å². The van der Waals surface area contributed by atoms with Crippen LogP contribution in [-0.2, 0) is 14.3 Å². The number of amides is 1. The van der Waals surface area contributed by atoms with E-state index in [2.05, 4.69) is 55.6 Å². The molecule has 400 valence electrons. The largest absolute Gasteiger partial charge is 0.466 e. The predicted molar refractivity (Wildman–Crippen MR) is 296 cm³/mol. The third kappa shape index (κ3) is 53.4. The lowest BCUT2D eigenvalue weighted by Gasteiger charge is -2.22. The van der Waals surface area contributed by atoms with Gasteiger partial charge in [-0.1, -0.05) is 262 Å². The highest BCUT2D eigenvalue weighted by Crippen LogP contribution is 2.17. The number of hydrogen-bond donors (Lipinski definition) is 3. The van der Waals surface area contributed by atoms with E-state index >= 15 is 0 Å². The highest BCUT2D eigenvalue weighted by Gasteiger charge is 2.20. The lowest BCUT2D eigenvalue weighted by Crippen LogP contribution is -2.45. The Morgan fingerprint density at radius 1 is 0.412 bits per heavy atom. The van der Waals surface area contributed by atoms with Crippen molar-refractivity contribution in [3.8, 4) is 0 Å². The number of rotatable bonds is 56. The number of hydrogen-bond acceptors (Lipinski definition) is 5. The van der Waals surface area contributed by atoms with Crippen molar-refractivity contribution < 1.29 is 24.5 Å². The number of aliphatic hydroxyl groups is 2. The monoisotopic (exact) mass is 956 g/mol. The van der Waals surface area contributed by atoms with E-state index in [0.717, 1.165) is 51.4 Å². The molecule has 2 atom stereocenters. The SMILES string of the molecule is CCCCCCCC/C=C\CCCCCCCC(=O)OCCCCCCCCCCC/C=C\C/C=C\CCCCCCCCCCCCCC(=O)NC(CO)C(O)CCCCCCCCCCC. The van der Waals surface area contributed by atoms with Crippen LogP contribution in [0, 0.1) is 0 Å². The molecule has 0 aliphatic carbocycles. The number of nitrogens with one attached hydrogen (secondary N) is 1. The Kier molecular flexibility index (Phi) is 56.0. The fourth-order valence-electron chi connectivity index (χ4n) is 9.25. The highest BCUT2D eigenvalue weighted by molar-refractivity contribution is 5.76. The average Bonchev–Trinajstić information content (AvgIpc) is 3.34. The maximum atomic E-state index is 12.4. The van der Waals surface area contributed by atoms with Gasteiger partial charge in [0.2, 0.25) is 5.91 Å². The van der Waals surface area contributed by atoms with Gasteiger partial charge in [0, 0.05) is 12.8 Å². The fourth-order valence-corrected chi connectivity index (χ4v) is 9.25. The molecule has 0 spiro atoms. The molecule has 0 aliphatic heterocycles. The summed E-state index contributed by atoms with van der Waals surface area (Å²) in [6.45, 7) is 4.92. The van der Waals surface area contributed by atoms with E-state index in [4.69, 9.17) is 4.74 Å². The van der Waals surface area contributed by atoms with Crippen LogP contribution in [0.4, 0.5) is 0 Å². The normalized spacial score (nSPS) is 12.8. The molecule has 0 bridgehead atoms. The number of unbranched alkanes of at least 4 members (excludes halogenated alkanes) is 39. The molecule has 2 unspecified atom stereocenters. The number of carbonyl (C=O) groups excluding carboxylic acids is 2. The zero-order chi connectivity index (χ0) is 49.3. The molecule has 0 heterocycles. The maximum absolute atomic E-state index is 12.4. The first-order valence-corrected chi connectivity index (χ1v) is 30.2. The molecule has 0 rings (SSSR count). The van der Waals surface area contributed by atoms with Crippen LogP contribution in [0.5, 0.6) is 0 Å². The van der Waals surface area contributed by atoms with Crippen LogP contribution in [0.2, 0.25) is 0 Å². The summed E-state index contributed by atoms with van der Waals surface area (Å²) in [5.41, 5.74) is 0. The van der Waals surface area contributed by atoms with Crippen LogP contribution in [0.1, 0.15) is 322 Å². The van der Waals surface area contributed by atoms with Crippen LogP contribution in [0.3, 0.4) is 0 Å². The summed E-state index contributed by atoms with van der Waals surface area (Å²) >= 11 is 0. The van der Waals surface area contributed by atoms with Crippen molar-refractivity contribution >= 4 is 11.9 Å². The summed E-state index contributed by atoms with van der Waals surface area (Å²) in [6.07, 6.45) is 71.6. The number of esters is 1. The molecule has 0 aromatic rings. The zero-order valence-electron chi connectivity index (χ0n) is 45.6. The summed E-state index contributed by atoms with van der Waals surface area (Å²) in [5.74, 6) is -0.0379. The van der Waals surface area contributed by atoms with Gasteiger partial charge in [-0.2, -0.15) is 0 Å². The van der Waals surface area contributed by atoms with Gasteiger partial charge >= 0.3 is 5.97 Å². The smallest absolute Gasteiger partial charge is 0.305 e. The molecule has 0 saturated heterocycles. The fraction of sp³-hybridized carbons (Fsp3) is 0.871. The van der Waals surface area contributed by atoms with Crippen molar-refractivity contribution in [2.45, 2.75) is 334 Å². The summed E-state index contributed by atoms with van der Waals surface area (Å²) in [7, 11) is 0. The Balaban J connectivity index is 3.39. The molecule has 1 amide bonds. The van der Waals surface area contributed by atoms with Crippen LogP contribution in [-0.4, -0.2) is 47.4 Å². The third-order valence-corrected chi connectivity index (χ3v) is 13.9. The number of allylic oxidation sites excluding steroid dienone is 6. The van der Waals surface area contributed by atoms with Crippen LogP contribution in [0.25, 0.3) is 0 Å². The molecule has 68 heavy (non-hydrogen) atoms. The Morgan fingerprint density at radius 3 is 1.13 bits per heavy atom. The van der Waals surface area contributed by atoms with E-state index in [1.165, 1.54) is 238 Å². The van der Waals surface area contributed by atoms with Crippen molar-refractivity contribution in [3.05, 3.63) is 36.5 Å². The molecular formula is C62H117NO5. The molecule has 0 aliphatic rings. The van der Waals surface area contributed by atoms with Gasteiger partial charge in [0.15, 0.2) is 0 Å². The minimum absolute atomic E-state index is 0.00247. The predicted octanol–water partition coefficient (Wildman–Crippen LogP) is 18.8. The van der Waals surface area contributed by atoms with Crippen molar-refractivity contribution in [2.24, 2.45) is 0 Å². The molecule has 0 radical (unpaired) electrons. The van der Waals surface area contributed by atoms with Gasteiger partial charge in [-0.15, -0.1) is 0 Å². The highest BCUT2D eigenvalue weighted by atomic mass is 16.5. The third-order valence-electron chi connectivity index (χ3n) is 13.9. The maximum Gasteiger partial charge on any atom is 0.305 e. The van der Waals surface area contributed by atoms with Crippen molar-refractivity contribution in [1.82, 2.24) is 5.32 Å². The van der Waals surface area contributed by atoms with Crippen molar-refractivity contribution in [1.29, 1.82) is 0 Å². The van der Waals surface area contributed by atoms with E-state index in [9.17, 15) is 19.8 Å². The molecule has 0 aromatic heterocycles. The van der Waals surface area contributed by atoms with Gasteiger partial charge in [0.05, 0.1) is 25.4 Å². The second-order valence-corrected chi connectivity index (χ2v) is 20.7. The first-order valence-electron chi connectivity index (χ1n) is 30.2. The van der Waals surface area contributed by atoms with Crippen molar-refractivity contribution in [2.75, 3.05) is 13.2 Å². The van der Waals surface area contributed by atoms with Crippen LogP contribution >= 0.6 is 0 Å². The van der Waals surface area contributed by atoms with E-state index in [1.54, 1.807) is 0 Å². The number of aliphatic hydroxyl groups excluding tert-OH is 2. The second kappa shape index (κ2) is 57.7. The summed E-state index contributed by atoms with van der Waals surface area (Å²) < 4.78 is 5.48. The van der Waals surface area contributed by atoms with Gasteiger partial charge in [0.1, 0.15) is 0 Å². The van der Waals surface area contributed by atoms with Gasteiger partial charge in [0.25, 0.3) is 0 Å². The molecule has 3 N–H and O–H groups in total. The molecule has 6 nitrogen and oxygen atoms in total. The minimum Gasteiger partial charge on any atom is -0.466 e. The molecule has 6 heteroatoms. The number of carbonyl (C=O) groups is 2. The topological polar surface area (TPSA) is 95.9 Å². The van der Waals surface area contributed by atoms with Gasteiger partial charge in [-0.05, 0) is 83.5 Å². The molecule has 0 fully saturated rings. The summed E-state index contributed by atoms with van der Waals surface area (Å²) in [4.78, 5) is 24.5. The lowest BCUT2D eigenvalue weighted by molar-refractivity contribution is -0.143. The van der Waals surface area contributed by atoms with E-state index < -0.39 is 12.1 Å². The average molecular weight is 957 g/mol. The minimum atomic E-state index is -0.664. The van der Waals surface area contributed by atoms with E-state index in [-0.39, 0.29) is 18.5 Å². The Hall–Kier alpha value is -1.92. The second-order valence-electron chi connectivity index (χ2n) is 20.7. The van der Waals surface area contributed by atoms with Gasteiger partial charge < -0.3 is 20.3 Å².